The van der Waals surface area contributed by atoms with Crippen LogP contribution in [0.4, 0.5) is 24.8 Å². The highest BCUT2D eigenvalue weighted by Crippen LogP contribution is 2.29. The van der Waals surface area contributed by atoms with Gasteiger partial charge in [-0.05, 0) is 0 Å². The van der Waals surface area contributed by atoms with E-state index >= 15 is 0 Å². The molecule has 18 heavy (non-hydrogen) atoms. The molecule has 0 radical (unpaired) electrons. The van der Waals surface area contributed by atoms with Gasteiger partial charge in [-0.3, -0.25) is 0 Å². The van der Waals surface area contributed by atoms with Crippen molar-refractivity contribution in [1.82, 2.24) is 9.97 Å². The summed E-state index contributed by atoms with van der Waals surface area (Å²) in [6, 6.07) is 1.50. The summed E-state index contributed by atoms with van der Waals surface area (Å²) < 4.78 is 43.1. The molecule has 0 spiro atoms. The van der Waals surface area contributed by atoms with Crippen LogP contribution in [-0.2, 0) is 10.9 Å². The van der Waals surface area contributed by atoms with Crippen LogP contribution in [0.25, 0.3) is 0 Å². The molecule has 2 heterocycles. The van der Waals surface area contributed by atoms with E-state index in [0.717, 1.165) is 0 Å². The van der Waals surface area contributed by atoms with Gasteiger partial charge in [-0.1, -0.05) is 0 Å². The molecule has 1 saturated heterocycles. The first-order valence-corrected chi connectivity index (χ1v) is 5.47. The van der Waals surface area contributed by atoms with Crippen LogP contribution in [0, 0.1) is 0 Å². The number of anilines is 2. The number of nitrogens with zero attached hydrogens (tertiary/aromatic N) is 3. The number of ether oxygens (including phenoxy) is 1. The molecule has 0 amide bonds. The van der Waals surface area contributed by atoms with Crippen LogP contribution in [0.5, 0.6) is 0 Å². The molecule has 0 atom stereocenters. The fourth-order valence-electron chi connectivity index (χ4n) is 1.64. The lowest BCUT2D eigenvalue weighted by molar-refractivity contribution is -0.144. The Morgan fingerprint density at radius 3 is 2.50 bits per heavy atom. The van der Waals surface area contributed by atoms with Crippen molar-refractivity contribution < 1.29 is 17.9 Å². The molecular formula is C10H13F3N4O. The monoisotopic (exact) mass is 262 g/mol. The molecule has 0 saturated carbocycles. The third-order valence-electron chi connectivity index (χ3n) is 2.56. The summed E-state index contributed by atoms with van der Waals surface area (Å²) in [5, 5.41) is 2.61. The minimum atomic E-state index is -4.55. The topological polar surface area (TPSA) is 50.3 Å². The second-order valence-electron chi connectivity index (χ2n) is 3.78. The van der Waals surface area contributed by atoms with E-state index in [1.165, 1.54) is 13.1 Å². The quantitative estimate of drug-likeness (QED) is 0.872. The summed E-state index contributed by atoms with van der Waals surface area (Å²) in [5.74, 6) is -0.709. The van der Waals surface area contributed by atoms with Crippen molar-refractivity contribution in [3.05, 3.63) is 11.9 Å². The third-order valence-corrected chi connectivity index (χ3v) is 2.56. The summed E-state index contributed by atoms with van der Waals surface area (Å²) >= 11 is 0. The Labute approximate surface area is 102 Å². The molecule has 1 aromatic rings. The van der Waals surface area contributed by atoms with E-state index in [-0.39, 0.29) is 11.6 Å². The number of aromatic nitrogens is 2. The largest absolute Gasteiger partial charge is 0.451 e. The maximum absolute atomic E-state index is 12.7. The van der Waals surface area contributed by atoms with Crippen LogP contribution in [0.15, 0.2) is 6.07 Å². The Morgan fingerprint density at radius 2 is 1.94 bits per heavy atom. The standard InChI is InChI=1S/C10H13F3N4O/c1-14-7-6-8(17-2-4-18-5-3-17)16-9(15-7)10(11,12)13/h6H,2-5H2,1H3,(H,14,15,16). The zero-order valence-corrected chi connectivity index (χ0v) is 9.79. The van der Waals surface area contributed by atoms with Crippen LogP contribution < -0.4 is 10.2 Å². The molecule has 2 rings (SSSR count). The molecule has 1 aromatic heterocycles. The first-order valence-electron chi connectivity index (χ1n) is 5.47. The number of halogens is 3. The van der Waals surface area contributed by atoms with E-state index in [9.17, 15) is 13.2 Å². The molecule has 0 aromatic carbocycles. The second-order valence-corrected chi connectivity index (χ2v) is 3.78. The van der Waals surface area contributed by atoms with Crippen LogP contribution in [0.3, 0.4) is 0 Å². The van der Waals surface area contributed by atoms with Crippen molar-refractivity contribution in [1.29, 1.82) is 0 Å². The summed E-state index contributed by atoms with van der Waals surface area (Å²) in [6.07, 6.45) is -4.55. The zero-order chi connectivity index (χ0) is 13.2. The third kappa shape index (κ3) is 2.81. The van der Waals surface area contributed by atoms with Crippen molar-refractivity contribution in [2.45, 2.75) is 6.18 Å². The minimum absolute atomic E-state index is 0.152. The molecule has 100 valence electrons. The van der Waals surface area contributed by atoms with Gasteiger partial charge in [-0.25, -0.2) is 9.97 Å². The molecular weight excluding hydrogens is 249 g/mol. The highest BCUT2D eigenvalue weighted by Gasteiger charge is 2.36. The zero-order valence-electron chi connectivity index (χ0n) is 9.79. The smallest absolute Gasteiger partial charge is 0.378 e. The van der Waals surface area contributed by atoms with Crippen molar-refractivity contribution in [2.75, 3.05) is 43.6 Å². The lowest BCUT2D eigenvalue weighted by atomic mass is 10.4. The summed E-state index contributed by atoms with van der Waals surface area (Å²) in [4.78, 5) is 8.73. The molecule has 1 N–H and O–H groups in total. The number of nitrogens with one attached hydrogen (secondary N) is 1. The second kappa shape index (κ2) is 4.97. The first-order chi connectivity index (χ1) is 8.50. The van der Waals surface area contributed by atoms with E-state index in [1.54, 1.807) is 4.90 Å². The number of rotatable bonds is 2. The maximum atomic E-state index is 12.7. The lowest BCUT2D eigenvalue weighted by Gasteiger charge is -2.28. The molecule has 0 bridgehead atoms. The van der Waals surface area contributed by atoms with Crippen LogP contribution >= 0.6 is 0 Å². The Hall–Kier alpha value is -1.57. The van der Waals surface area contributed by atoms with Crippen molar-refractivity contribution in [2.24, 2.45) is 0 Å². The lowest BCUT2D eigenvalue weighted by Crippen LogP contribution is -2.37. The Balaban J connectivity index is 2.34. The molecule has 0 aliphatic carbocycles. The van der Waals surface area contributed by atoms with Crippen molar-refractivity contribution in [3.63, 3.8) is 0 Å². The van der Waals surface area contributed by atoms with Crippen LogP contribution in [-0.4, -0.2) is 43.3 Å². The van der Waals surface area contributed by atoms with Gasteiger partial charge in [0.15, 0.2) is 0 Å². The molecule has 5 nitrogen and oxygen atoms in total. The van der Waals surface area contributed by atoms with E-state index in [1.807, 2.05) is 0 Å². The van der Waals surface area contributed by atoms with Gasteiger partial charge in [0.25, 0.3) is 0 Å². The number of morpholine rings is 1. The molecule has 0 unspecified atom stereocenters. The van der Waals surface area contributed by atoms with Crippen molar-refractivity contribution >= 4 is 11.6 Å². The highest BCUT2D eigenvalue weighted by molar-refractivity contribution is 5.49. The van der Waals surface area contributed by atoms with E-state index < -0.39 is 12.0 Å². The number of hydrogen-bond donors (Lipinski definition) is 1. The van der Waals surface area contributed by atoms with E-state index in [0.29, 0.717) is 26.3 Å². The predicted octanol–water partition coefficient (Wildman–Crippen LogP) is 1.37. The van der Waals surface area contributed by atoms with Crippen LogP contribution in [0.2, 0.25) is 0 Å². The van der Waals surface area contributed by atoms with Gasteiger partial charge >= 0.3 is 6.18 Å². The minimum Gasteiger partial charge on any atom is -0.378 e. The maximum Gasteiger partial charge on any atom is 0.451 e. The first kappa shape index (κ1) is 12.9. The Bertz CT molecular complexity index is 418. The average molecular weight is 262 g/mol. The van der Waals surface area contributed by atoms with Gasteiger partial charge in [0.1, 0.15) is 11.6 Å². The number of alkyl halides is 3. The van der Waals surface area contributed by atoms with Gasteiger partial charge in [0.05, 0.1) is 13.2 Å². The molecule has 1 fully saturated rings. The normalized spacial score (nSPS) is 16.8. The van der Waals surface area contributed by atoms with Gasteiger partial charge in [0, 0.05) is 26.2 Å². The SMILES string of the molecule is CNc1cc(N2CCOCC2)nc(C(F)(F)F)n1. The van der Waals surface area contributed by atoms with Gasteiger partial charge in [-0.2, -0.15) is 13.2 Å². The predicted molar refractivity (Wildman–Crippen MR) is 59.6 cm³/mol. The summed E-state index contributed by atoms with van der Waals surface area (Å²) in [5.41, 5.74) is 0. The van der Waals surface area contributed by atoms with E-state index in [4.69, 9.17) is 4.74 Å². The van der Waals surface area contributed by atoms with Gasteiger partial charge < -0.3 is 15.0 Å². The highest BCUT2D eigenvalue weighted by atomic mass is 19.4. The molecule has 1 aliphatic rings. The van der Waals surface area contributed by atoms with Crippen LogP contribution in [0.1, 0.15) is 5.82 Å². The molecule has 1 aliphatic heterocycles. The number of hydrogen-bond acceptors (Lipinski definition) is 5. The van der Waals surface area contributed by atoms with E-state index in [2.05, 4.69) is 15.3 Å². The summed E-state index contributed by atoms with van der Waals surface area (Å²) in [6.45, 7) is 2.02. The molecule has 8 heteroatoms. The summed E-state index contributed by atoms with van der Waals surface area (Å²) in [7, 11) is 1.52. The van der Waals surface area contributed by atoms with Gasteiger partial charge in [-0.15, -0.1) is 0 Å². The van der Waals surface area contributed by atoms with Crippen molar-refractivity contribution in [3.8, 4) is 0 Å². The Morgan fingerprint density at radius 1 is 1.28 bits per heavy atom. The fourth-order valence-corrected chi connectivity index (χ4v) is 1.64. The average Bonchev–Trinajstić information content (AvgIpc) is 2.38. The fraction of sp³-hybridized carbons (Fsp3) is 0.600. The van der Waals surface area contributed by atoms with Gasteiger partial charge in [0.2, 0.25) is 5.82 Å². The Kier molecular flexibility index (Phi) is 3.55.